The van der Waals surface area contributed by atoms with E-state index in [1.54, 1.807) is 0 Å². The van der Waals surface area contributed by atoms with E-state index in [9.17, 15) is 4.57 Å². The van der Waals surface area contributed by atoms with Gasteiger partial charge in [-0.3, -0.25) is 4.57 Å². The smallest absolute Gasteiger partial charge is 1.00 e. The van der Waals surface area contributed by atoms with Crippen molar-refractivity contribution in [2.75, 3.05) is 0 Å². The van der Waals surface area contributed by atoms with Crippen LogP contribution in [0.15, 0.2) is 0 Å². The second kappa shape index (κ2) is 6.37. The van der Waals surface area contributed by atoms with Crippen LogP contribution in [0.2, 0.25) is 0 Å². The van der Waals surface area contributed by atoms with Gasteiger partial charge in [0.15, 0.2) is 0 Å². The summed E-state index contributed by atoms with van der Waals surface area (Å²) in [6.45, 7) is 0. The van der Waals surface area contributed by atoms with Gasteiger partial charge in [-0.1, -0.05) is 0 Å². The van der Waals surface area contributed by atoms with Gasteiger partial charge in [0.1, 0.15) is 9.91 Å². The Morgan fingerprint density at radius 2 is 1.57 bits per heavy atom. The molecule has 2 N–H and O–H groups in total. The standard InChI is InChI=1S/Na.H5O3PSi.Zr.H/c;1-4(2,3)5;;/h;5H3,(H2,1,2,3);;/q+1;;;-1. The summed E-state index contributed by atoms with van der Waals surface area (Å²) in [5.74, 6) is 0. The molecule has 0 saturated carbocycles. The second-order valence-electron chi connectivity index (χ2n) is 0.835. The van der Waals surface area contributed by atoms with Gasteiger partial charge in [0, 0.05) is 26.2 Å². The Kier molecular flexibility index (Phi) is 14.7. The van der Waals surface area contributed by atoms with E-state index in [0.29, 0.717) is 0 Å². The van der Waals surface area contributed by atoms with Gasteiger partial charge in [0.25, 0.3) is 7.14 Å². The fourth-order valence-corrected chi connectivity index (χ4v) is 0. The zero-order valence-electron chi connectivity index (χ0n) is 5.25. The van der Waals surface area contributed by atoms with Gasteiger partial charge >= 0.3 is 29.6 Å². The molecule has 0 fully saturated rings. The molecule has 0 bridgehead atoms. The maximum Gasteiger partial charge on any atom is 1.00 e. The van der Waals surface area contributed by atoms with Crippen LogP contribution in [-0.2, 0) is 30.8 Å². The summed E-state index contributed by atoms with van der Waals surface area (Å²) in [5.41, 5.74) is 0. The Balaban J connectivity index is -0.0000000267. The summed E-state index contributed by atoms with van der Waals surface area (Å²) < 4.78 is 9.39. The summed E-state index contributed by atoms with van der Waals surface area (Å²) in [4.78, 5) is 15.4. The molecule has 0 unspecified atom stereocenters. The van der Waals surface area contributed by atoms with E-state index >= 15 is 0 Å². The summed E-state index contributed by atoms with van der Waals surface area (Å²) in [5, 5.41) is 0. The van der Waals surface area contributed by atoms with Crippen LogP contribution in [0.5, 0.6) is 0 Å². The zero-order valence-corrected chi connectivity index (χ0v) is 11.6. The van der Waals surface area contributed by atoms with Gasteiger partial charge in [-0.15, -0.1) is 0 Å². The van der Waals surface area contributed by atoms with Crippen LogP contribution in [-0.4, -0.2) is 19.7 Å². The quantitative estimate of drug-likeness (QED) is 0.324. The molecule has 0 aliphatic rings. The summed E-state index contributed by atoms with van der Waals surface area (Å²) in [6, 6.07) is 0. The zero-order chi connectivity index (χ0) is 4.50. The first-order chi connectivity index (χ1) is 2.00. The molecule has 0 aliphatic heterocycles. The van der Waals surface area contributed by atoms with E-state index in [2.05, 4.69) is 0 Å². The molecule has 3 nitrogen and oxygen atoms in total. The van der Waals surface area contributed by atoms with Crippen molar-refractivity contribution in [2.24, 2.45) is 0 Å². The largest absolute Gasteiger partial charge is 1.00 e. The van der Waals surface area contributed by atoms with Crippen molar-refractivity contribution in [3.63, 3.8) is 0 Å². The van der Waals surface area contributed by atoms with Crippen molar-refractivity contribution in [1.82, 2.24) is 0 Å². The minimum Gasteiger partial charge on any atom is -1.00 e. The van der Waals surface area contributed by atoms with Gasteiger partial charge in [0.2, 0.25) is 0 Å². The molecule has 0 amide bonds. The van der Waals surface area contributed by atoms with Crippen LogP contribution in [0.25, 0.3) is 0 Å². The van der Waals surface area contributed by atoms with Gasteiger partial charge in [0.05, 0.1) is 0 Å². The second-order valence-corrected chi connectivity index (χ2v) is 6.00. The van der Waals surface area contributed by atoms with Crippen molar-refractivity contribution in [3.05, 3.63) is 0 Å². The van der Waals surface area contributed by atoms with E-state index in [-0.39, 0.29) is 67.1 Å². The van der Waals surface area contributed by atoms with Gasteiger partial charge in [-0.25, -0.2) is 0 Å². The molecule has 38 valence electrons. The normalized spacial score (nSPS) is 8.86. The average Bonchev–Trinajstić information content (AvgIpc) is 0.722. The van der Waals surface area contributed by atoms with Crippen LogP contribution in [0, 0.1) is 0 Å². The Bertz CT molecular complexity index is 65.4. The van der Waals surface area contributed by atoms with Crippen molar-refractivity contribution < 1.29 is 71.5 Å². The van der Waals surface area contributed by atoms with Crippen LogP contribution in [0.4, 0.5) is 0 Å². The molecule has 0 aromatic heterocycles. The summed E-state index contributed by atoms with van der Waals surface area (Å²) in [7, 11) is -3.53. The van der Waals surface area contributed by atoms with Gasteiger partial charge < -0.3 is 11.2 Å². The molecule has 0 saturated heterocycles. The summed E-state index contributed by atoms with van der Waals surface area (Å²) >= 11 is 0. The average molecular weight is 227 g/mol. The first-order valence-electron chi connectivity index (χ1n) is 1.03. The van der Waals surface area contributed by atoms with E-state index in [1.807, 2.05) is 0 Å². The molecule has 0 radical (unpaired) electrons. The maximum absolute atomic E-state index is 9.39. The Hall–Kier alpha value is 2.25. The van der Waals surface area contributed by atoms with E-state index in [1.165, 1.54) is 0 Å². The van der Waals surface area contributed by atoms with Crippen LogP contribution in [0.1, 0.15) is 1.43 Å². The summed E-state index contributed by atoms with van der Waals surface area (Å²) in [6.07, 6.45) is 0. The molecule has 0 rings (SSSR count). The maximum atomic E-state index is 9.39. The topological polar surface area (TPSA) is 57.5 Å². The molecule has 0 spiro atoms. The van der Waals surface area contributed by atoms with Crippen LogP contribution >= 0.6 is 7.14 Å². The Labute approximate surface area is 87.6 Å². The minimum atomic E-state index is -3.50. The van der Waals surface area contributed by atoms with Crippen molar-refractivity contribution in [3.8, 4) is 0 Å². The van der Waals surface area contributed by atoms with Crippen molar-refractivity contribution in [1.29, 1.82) is 0 Å². The molecule has 7 heavy (non-hydrogen) atoms. The van der Waals surface area contributed by atoms with Gasteiger partial charge in [-0.05, 0) is 0 Å². The third-order valence-corrected chi connectivity index (χ3v) is 0. The van der Waals surface area contributed by atoms with Gasteiger partial charge in [-0.2, -0.15) is 0 Å². The predicted molar refractivity (Wildman–Crippen MR) is 23.1 cm³/mol. The predicted octanol–water partition coefficient (Wildman–Crippen LogP) is -4.44. The van der Waals surface area contributed by atoms with Crippen LogP contribution < -0.4 is 29.6 Å². The fraction of sp³-hybridized carbons (Fsp3) is 0. The first-order valence-corrected chi connectivity index (χ1v) is 5.77. The first kappa shape index (κ1) is 16.1. The molecule has 0 aromatic carbocycles. The third-order valence-electron chi connectivity index (χ3n) is 0. The number of hydrogen-bond donors (Lipinski definition) is 2. The molecule has 0 atom stereocenters. The van der Waals surface area contributed by atoms with E-state index in [0.717, 1.165) is 0 Å². The minimum absolute atomic E-state index is 0. The van der Waals surface area contributed by atoms with Crippen LogP contribution in [0.3, 0.4) is 0 Å². The van der Waals surface area contributed by atoms with Crippen molar-refractivity contribution >= 4 is 17.1 Å². The third kappa shape index (κ3) is 63.7. The van der Waals surface area contributed by atoms with E-state index in [4.69, 9.17) is 9.79 Å². The Morgan fingerprint density at radius 3 is 1.57 bits per heavy atom. The Morgan fingerprint density at radius 1 is 1.57 bits per heavy atom. The molecule has 0 heterocycles. The van der Waals surface area contributed by atoms with E-state index < -0.39 is 7.14 Å². The molecule has 0 aliphatic carbocycles. The SMILES string of the molecule is O=P(O)(O)[SiH3].[H-].[Na+].[Zr]. The fourth-order valence-electron chi connectivity index (χ4n) is 0. The number of hydrogen-bond acceptors (Lipinski definition) is 1. The number of rotatable bonds is 0. The molecule has 7 heteroatoms. The molecule has 0 aromatic rings. The molecular formula is H6NaO3PSiZr. The molecular weight excluding hydrogens is 221 g/mol. The monoisotopic (exact) mass is 226 g/mol. The van der Waals surface area contributed by atoms with Crippen molar-refractivity contribution in [2.45, 2.75) is 0 Å².